The molecule has 0 saturated heterocycles. The highest BCUT2D eigenvalue weighted by atomic mass is 32.2. The van der Waals surface area contributed by atoms with Gasteiger partial charge in [-0.3, -0.25) is 14.4 Å². The van der Waals surface area contributed by atoms with Gasteiger partial charge in [0.25, 0.3) is 0 Å². The number of amides is 3. The Morgan fingerprint density at radius 2 is 1.89 bits per heavy atom. The minimum absolute atomic E-state index is 0.0456. The highest BCUT2D eigenvalue weighted by Gasteiger charge is 2.24. The second-order valence-corrected chi connectivity index (χ2v) is 8.24. The molecule has 0 radical (unpaired) electrons. The molecule has 2 atom stereocenters. The van der Waals surface area contributed by atoms with Gasteiger partial charge in [-0.05, 0) is 17.0 Å². The molecule has 8 heteroatoms. The highest BCUT2D eigenvalue weighted by Crippen LogP contribution is 2.26. The summed E-state index contributed by atoms with van der Waals surface area (Å²) in [6, 6.07) is 12.6. The van der Waals surface area contributed by atoms with Crippen molar-refractivity contribution in [2.24, 2.45) is 11.7 Å². The number of benzene rings is 1. The van der Waals surface area contributed by atoms with Crippen LogP contribution in [0.15, 0.2) is 52.1 Å². The Morgan fingerprint density at radius 3 is 2.48 bits per heavy atom. The molecule has 0 saturated carbocycles. The van der Waals surface area contributed by atoms with Gasteiger partial charge in [0, 0.05) is 25.6 Å². The zero-order valence-electron chi connectivity index (χ0n) is 15.0. The zero-order valence-corrected chi connectivity index (χ0v) is 16.6. The number of rotatable bonds is 10. The normalized spacial score (nSPS) is 12.8. The molecule has 3 amide bonds. The molecule has 0 spiro atoms. The summed E-state index contributed by atoms with van der Waals surface area (Å²) in [5.74, 6) is -1.34. The summed E-state index contributed by atoms with van der Waals surface area (Å²) in [4.78, 5) is 36.3. The van der Waals surface area contributed by atoms with E-state index >= 15 is 0 Å². The summed E-state index contributed by atoms with van der Waals surface area (Å²) in [7, 11) is 1.52. The van der Waals surface area contributed by atoms with Crippen molar-refractivity contribution in [1.82, 2.24) is 10.6 Å². The molecule has 1 aromatic heterocycles. The van der Waals surface area contributed by atoms with E-state index in [1.807, 2.05) is 47.8 Å². The Balaban J connectivity index is 1.95. The monoisotopic (exact) mass is 405 g/mol. The fourth-order valence-corrected chi connectivity index (χ4v) is 4.39. The lowest BCUT2D eigenvalue weighted by Gasteiger charge is -2.19. The van der Waals surface area contributed by atoms with Gasteiger partial charge in [-0.25, -0.2) is 0 Å². The molecule has 2 rings (SSSR count). The van der Waals surface area contributed by atoms with Crippen molar-refractivity contribution in [2.45, 2.75) is 23.1 Å². The maximum absolute atomic E-state index is 12.4. The van der Waals surface area contributed by atoms with E-state index in [4.69, 9.17) is 5.73 Å². The Kier molecular flexibility index (Phi) is 8.35. The Morgan fingerprint density at radius 1 is 1.15 bits per heavy atom. The summed E-state index contributed by atoms with van der Waals surface area (Å²) in [6.07, 6.45) is 0.327. The van der Waals surface area contributed by atoms with E-state index in [-0.39, 0.29) is 18.2 Å². The van der Waals surface area contributed by atoms with Crippen LogP contribution in [0.4, 0.5) is 0 Å². The molecule has 6 nitrogen and oxygen atoms in total. The largest absolute Gasteiger partial charge is 0.369 e. The summed E-state index contributed by atoms with van der Waals surface area (Å²) >= 11 is 3.07. The molecule has 144 valence electrons. The molecule has 2 unspecified atom stereocenters. The van der Waals surface area contributed by atoms with E-state index in [1.54, 1.807) is 11.3 Å². The van der Waals surface area contributed by atoms with Gasteiger partial charge in [0.2, 0.25) is 17.7 Å². The molecule has 4 N–H and O–H groups in total. The van der Waals surface area contributed by atoms with Crippen LogP contribution in [0.5, 0.6) is 0 Å². The molecular formula is C19H23N3O3S2. The van der Waals surface area contributed by atoms with Crippen LogP contribution in [0.25, 0.3) is 0 Å². The van der Waals surface area contributed by atoms with Crippen molar-refractivity contribution < 1.29 is 14.4 Å². The number of carbonyl (C=O) groups is 3. The lowest BCUT2D eigenvalue weighted by molar-refractivity contribution is -0.131. The van der Waals surface area contributed by atoms with E-state index in [0.29, 0.717) is 12.2 Å². The first-order valence-electron chi connectivity index (χ1n) is 8.50. The minimum atomic E-state index is -0.705. The van der Waals surface area contributed by atoms with Crippen LogP contribution >= 0.6 is 23.1 Å². The summed E-state index contributed by atoms with van der Waals surface area (Å²) < 4.78 is 1.06. The van der Waals surface area contributed by atoms with Crippen LogP contribution in [-0.2, 0) is 20.8 Å². The number of likely N-dealkylation sites (N-methyl/N-ethyl adjacent to an activating group) is 1. The van der Waals surface area contributed by atoms with Crippen molar-refractivity contribution in [1.29, 1.82) is 0 Å². The number of primary amides is 1. The second-order valence-electron chi connectivity index (χ2n) is 5.97. The summed E-state index contributed by atoms with van der Waals surface area (Å²) in [5, 5.41) is 7.24. The van der Waals surface area contributed by atoms with E-state index in [9.17, 15) is 14.4 Å². The Hall–Kier alpha value is -2.32. The first-order chi connectivity index (χ1) is 13.0. The summed E-state index contributed by atoms with van der Waals surface area (Å²) in [6.45, 7) is 0. The van der Waals surface area contributed by atoms with Gasteiger partial charge in [-0.15, -0.1) is 23.1 Å². The van der Waals surface area contributed by atoms with Gasteiger partial charge >= 0.3 is 0 Å². The summed E-state index contributed by atoms with van der Waals surface area (Å²) in [5.41, 5.74) is 6.39. The maximum Gasteiger partial charge on any atom is 0.242 e. The predicted octanol–water partition coefficient (Wildman–Crippen LogP) is 1.81. The molecule has 0 aliphatic heterocycles. The number of thiophene rings is 1. The predicted molar refractivity (Wildman–Crippen MR) is 108 cm³/mol. The fourth-order valence-electron chi connectivity index (χ4n) is 2.48. The van der Waals surface area contributed by atoms with Crippen molar-refractivity contribution in [3.8, 4) is 0 Å². The van der Waals surface area contributed by atoms with Gasteiger partial charge in [0.15, 0.2) is 0 Å². The lowest BCUT2D eigenvalue weighted by atomic mass is 10.0. The van der Waals surface area contributed by atoms with Crippen LogP contribution in [0.3, 0.4) is 0 Å². The van der Waals surface area contributed by atoms with Gasteiger partial charge < -0.3 is 16.4 Å². The molecular weight excluding hydrogens is 382 g/mol. The van der Waals surface area contributed by atoms with Crippen LogP contribution in [0.2, 0.25) is 0 Å². The number of thioether (sulfide) groups is 1. The fraction of sp³-hybridized carbons (Fsp3) is 0.316. The molecule has 1 heterocycles. The van der Waals surface area contributed by atoms with Crippen molar-refractivity contribution in [3.05, 3.63) is 53.4 Å². The first kappa shape index (κ1) is 21.0. The topological polar surface area (TPSA) is 101 Å². The van der Waals surface area contributed by atoms with Crippen molar-refractivity contribution in [3.63, 3.8) is 0 Å². The Labute approximate surface area is 166 Å². The smallest absolute Gasteiger partial charge is 0.242 e. The number of carbonyl (C=O) groups excluding carboxylic acids is 3. The molecule has 2 aromatic rings. The molecule has 27 heavy (non-hydrogen) atoms. The minimum Gasteiger partial charge on any atom is -0.369 e. The molecule has 0 fully saturated rings. The van der Waals surface area contributed by atoms with Gasteiger partial charge in [0.1, 0.15) is 6.04 Å². The molecule has 0 bridgehead atoms. The van der Waals surface area contributed by atoms with E-state index < -0.39 is 17.9 Å². The number of nitrogens with one attached hydrogen (secondary N) is 2. The van der Waals surface area contributed by atoms with Crippen LogP contribution in [0, 0.1) is 5.92 Å². The molecule has 0 aliphatic carbocycles. The van der Waals surface area contributed by atoms with Gasteiger partial charge in [0.05, 0.1) is 10.1 Å². The first-order valence-corrected chi connectivity index (χ1v) is 10.4. The highest BCUT2D eigenvalue weighted by molar-refractivity contribution is 8.01. The van der Waals surface area contributed by atoms with Crippen LogP contribution in [-0.4, -0.2) is 36.6 Å². The standard InChI is InChI=1S/C19H23N3O3S2/c1-21-19(25)15(10-13-6-3-2-4-7-13)22-16(23)11-14(18(20)24)12-27-17-8-5-9-26-17/h2-9,14-15H,10-12H2,1H3,(H2,20,24)(H,21,25)(H,22,23). The van der Waals surface area contributed by atoms with Crippen LogP contribution < -0.4 is 16.4 Å². The van der Waals surface area contributed by atoms with Crippen molar-refractivity contribution in [2.75, 3.05) is 12.8 Å². The van der Waals surface area contributed by atoms with Crippen LogP contribution in [0.1, 0.15) is 12.0 Å². The average molecular weight is 406 g/mol. The average Bonchev–Trinajstić information content (AvgIpc) is 3.18. The van der Waals surface area contributed by atoms with E-state index in [0.717, 1.165) is 9.77 Å². The van der Waals surface area contributed by atoms with Gasteiger partial charge in [-0.2, -0.15) is 0 Å². The third-order valence-corrected chi connectivity index (χ3v) is 6.23. The number of hydrogen-bond acceptors (Lipinski definition) is 5. The SMILES string of the molecule is CNC(=O)C(Cc1ccccc1)NC(=O)CC(CSc1cccs1)C(N)=O. The Bertz CT molecular complexity index is 751. The quantitative estimate of drug-likeness (QED) is 0.525. The third-order valence-electron chi connectivity index (χ3n) is 3.94. The lowest BCUT2D eigenvalue weighted by Crippen LogP contribution is -2.48. The number of nitrogens with two attached hydrogens (primary N) is 1. The van der Waals surface area contributed by atoms with Crippen molar-refractivity contribution >= 4 is 40.8 Å². The molecule has 0 aliphatic rings. The maximum atomic E-state index is 12.4. The zero-order chi connectivity index (χ0) is 19.6. The molecule has 1 aromatic carbocycles. The van der Waals surface area contributed by atoms with Gasteiger partial charge in [-0.1, -0.05) is 36.4 Å². The second kappa shape index (κ2) is 10.7. The van der Waals surface area contributed by atoms with E-state index in [1.165, 1.54) is 18.8 Å². The van der Waals surface area contributed by atoms with E-state index in [2.05, 4.69) is 10.6 Å². The number of hydrogen-bond donors (Lipinski definition) is 3. The third kappa shape index (κ3) is 7.07.